The normalized spacial score (nSPS) is 13.4. The zero-order valence-corrected chi connectivity index (χ0v) is 12.3. The van der Waals surface area contributed by atoms with E-state index in [4.69, 9.17) is 11.6 Å². The van der Waals surface area contributed by atoms with Gasteiger partial charge < -0.3 is 5.32 Å². The fourth-order valence-corrected chi connectivity index (χ4v) is 2.54. The summed E-state index contributed by atoms with van der Waals surface area (Å²) in [5.74, 6) is 0.728. The number of aromatic nitrogens is 2. The third-order valence-corrected chi connectivity index (χ3v) is 4.10. The third-order valence-electron chi connectivity index (χ3n) is 3.63. The predicted molar refractivity (Wildman–Crippen MR) is 73.3 cm³/mol. The second-order valence-corrected chi connectivity index (χ2v) is 5.08. The number of hydrogen-bond acceptors (Lipinski definition) is 2. The summed E-state index contributed by atoms with van der Waals surface area (Å²) in [7, 11) is 1.88. The molecule has 0 saturated heterocycles. The summed E-state index contributed by atoms with van der Waals surface area (Å²) in [6.07, 6.45) is 2.43. The number of nitrogens with one attached hydrogen (secondary N) is 1. The van der Waals surface area contributed by atoms with Crippen molar-refractivity contribution in [2.24, 2.45) is 13.0 Å². The summed E-state index contributed by atoms with van der Waals surface area (Å²) in [5.41, 5.74) is 2.13. The third kappa shape index (κ3) is 3.46. The lowest BCUT2D eigenvalue weighted by Crippen LogP contribution is -2.32. The molecule has 17 heavy (non-hydrogen) atoms. The van der Waals surface area contributed by atoms with E-state index in [-0.39, 0.29) is 0 Å². The van der Waals surface area contributed by atoms with Crippen LogP contribution in [0.3, 0.4) is 0 Å². The van der Waals surface area contributed by atoms with Crippen molar-refractivity contribution in [1.29, 1.82) is 0 Å². The highest BCUT2D eigenvalue weighted by atomic mass is 35.5. The van der Waals surface area contributed by atoms with Crippen molar-refractivity contribution in [2.45, 2.75) is 53.1 Å². The van der Waals surface area contributed by atoms with E-state index < -0.39 is 0 Å². The maximum Gasteiger partial charge on any atom is 0.131 e. The molecule has 0 bridgehead atoms. The molecular formula is C13H24ClN3. The SMILES string of the molecule is CCC(CC)C(C)NCc1c(C)nn(C)c1Cl. The van der Waals surface area contributed by atoms with Gasteiger partial charge in [0.05, 0.1) is 5.69 Å². The van der Waals surface area contributed by atoms with Crippen molar-refractivity contribution in [3.63, 3.8) is 0 Å². The summed E-state index contributed by atoms with van der Waals surface area (Å²) < 4.78 is 1.73. The maximum atomic E-state index is 6.21. The molecule has 0 spiro atoms. The molecule has 0 saturated carbocycles. The highest BCUT2D eigenvalue weighted by Crippen LogP contribution is 2.19. The summed E-state index contributed by atoms with van der Waals surface area (Å²) in [4.78, 5) is 0. The first-order chi connectivity index (χ1) is 8.01. The van der Waals surface area contributed by atoms with Gasteiger partial charge in [-0.3, -0.25) is 4.68 Å². The Morgan fingerprint density at radius 1 is 1.35 bits per heavy atom. The van der Waals surface area contributed by atoms with Gasteiger partial charge in [-0.1, -0.05) is 38.3 Å². The lowest BCUT2D eigenvalue weighted by atomic mass is 9.95. The molecular weight excluding hydrogens is 234 g/mol. The summed E-state index contributed by atoms with van der Waals surface area (Å²) in [6, 6.07) is 0.515. The topological polar surface area (TPSA) is 29.9 Å². The lowest BCUT2D eigenvalue weighted by Gasteiger charge is -2.22. The van der Waals surface area contributed by atoms with Crippen molar-refractivity contribution in [3.8, 4) is 0 Å². The van der Waals surface area contributed by atoms with E-state index in [1.165, 1.54) is 12.8 Å². The van der Waals surface area contributed by atoms with Crippen LogP contribution in [0.25, 0.3) is 0 Å². The van der Waals surface area contributed by atoms with E-state index in [9.17, 15) is 0 Å². The maximum absolute atomic E-state index is 6.21. The lowest BCUT2D eigenvalue weighted by molar-refractivity contribution is 0.353. The van der Waals surface area contributed by atoms with Gasteiger partial charge in [0.15, 0.2) is 0 Å². The van der Waals surface area contributed by atoms with Gasteiger partial charge >= 0.3 is 0 Å². The monoisotopic (exact) mass is 257 g/mol. The Labute approximate surface area is 110 Å². The molecule has 0 aromatic carbocycles. The van der Waals surface area contributed by atoms with Crippen LogP contribution in [0.5, 0.6) is 0 Å². The highest BCUT2D eigenvalue weighted by molar-refractivity contribution is 6.30. The number of rotatable bonds is 6. The van der Waals surface area contributed by atoms with Gasteiger partial charge in [-0.2, -0.15) is 5.10 Å². The average Bonchev–Trinajstić information content (AvgIpc) is 2.53. The van der Waals surface area contributed by atoms with Gasteiger partial charge in [0.2, 0.25) is 0 Å². The van der Waals surface area contributed by atoms with Gasteiger partial charge in [0, 0.05) is 25.2 Å². The van der Waals surface area contributed by atoms with E-state index in [2.05, 4.69) is 31.2 Å². The summed E-state index contributed by atoms with van der Waals surface area (Å²) >= 11 is 6.21. The molecule has 1 atom stereocenters. The Bertz CT molecular complexity index is 356. The first kappa shape index (κ1) is 14.5. The molecule has 0 radical (unpaired) electrons. The Morgan fingerprint density at radius 2 is 1.94 bits per heavy atom. The number of nitrogens with zero attached hydrogens (tertiary/aromatic N) is 2. The van der Waals surface area contributed by atoms with Crippen LogP contribution < -0.4 is 5.32 Å². The molecule has 0 aliphatic rings. The molecule has 0 amide bonds. The Morgan fingerprint density at radius 3 is 2.35 bits per heavy atom. The van der Waals surface area contributed by atoms with E-state index in [1.54, 1.807) is 4.68 Å². The van der Waals surface area contributed by atoms with Crippen LogP contribution in [-0.2, 0) is 13.6 Å². The standard InChI is InChI=1S/C13H24ClN3/c1-6-11(7-2)9(3)15-8-12-10(4)16-17(5)13(12)14/h9,11,15H,6-8H2,1-5H3. The summed E-state index contributed by atoms with van der Waals surface area (Å²) in [5, 5.41) is 8.62. The van der Waals surface area contributed by atoms with Crippen LogP contribution in [0, 0.1) is 12.8 Å². The second-order valence-electron chi connectivity index (χ2n) is 4.72. The van der Waals surface area contributed by atoms with Crippen molar-refractivity contribution < 1.29 is 0 Å². The Balaban J connectivity index is 2.61. The van der Waals surface area contributed by atoms with Gasteiger partial charge in [0.25, 0.3) is 0 Å². The predicted octanol–water partition coefficient (Wildman–Crippen LogP) is 3.30. The average molecular weight is 258 g/mol. The fourth-order valence-electron chi connectivity index (χ4n) is 2.30. The van der Waals surface area contributed by atoms with Crippen LogP contribution in [0.4, 0.5) is 0 Å². The number of hydrogen-bond donors (Lipinski definition) is 1. The van der Waals surface area contributed by atoms with Gasteiger partial charge in [-0.25, -0.2) is 0 Å². The van der Waals surface area contributed by atoms with Crippen LogP contribution in [0.15, 0.2) is 0 Å². The quantitative estimate of drug-likeness (QED) is 0.848. The molecule has 4 heteroatoms. The zero-order valence-electron chi connectivity index (χ0n) is 11.5. The van der Waals surface area contributed by atoms with Crippen LogP contribution >= 0.6 is 11.6 Å². The van der Waals surface area contributed by atoms with Crippen molar-refractivity contribution in [3.05, 3.63) is 16.4 Å². The molecule has 0 fully saturated rings. The molecule has 1 N–H and O–H groups in total. The van der Waals surface area contributed by atoms with Gasteiger partial charge in [0.1, 0.15) is 5.15 Å². The molecule has 0 aliphatic carbocycles. The minimum Gasteiger partial charge on any atom is -0.310 e. The number of halogens is 1. The molecule has 1 heterocycles. The fraction of sp³-hybridized carbons (Fsp3) is 0.769. The van der Waals surface area contributed by atoms with Gasteiger partial charge in [-0.05, 0) is 19.8 Å². The molecule has 1 unspecified atom stereocenters. The first-order valence-electron chi connectivity index (χ1n) is 6.42. The van der Waals surface area contributed by atoms with E-state index in [0.29, 0.717) is 6.04 Å². The molecule has 3 nitrogen and oxygen atoms in total. The smallest absolute Gasteiger partial charge is 0.131 e. The van der Waals surface area contributed by atoms with E-state index in [0.717, 1.165) is 28.9 Å². The molecule has 1 rings (SSSR count). The molecule has 1 aromatic heterocycles. The van der Waals surface area contributed by atoms with Crippen LogP contribution in [0.2, 0.25) is 5.15 Å². The number of aryl methyl sites for hydroxylation is 2. The van der Waals surface area contributed by atoms with Crippen molar-refractivity contribution in [2.75, 3.05) is 0 Å². The van der Waals surface area contributed by atoms with Crippen LogP contribution in [0.1, 0.15) is 44.9 Å². The summed E-state index contributed by atoms with van der Waals surface area (Å²) in [6.45, 7) is 9.54. The van der Waals surface area contributed by atoms with E-state index in [1.807, 2.05) is 14.0 Å². The second kappa shape index (κ2) is 6.41. The molecule has 98 valence electrons. The van der Waals surface area contributed by atoms with E-state index >= 15 is 0 Å². The largest absolute Gasteiger partial charge is 0.310 e. The minimum absolute atomic E-state index is 0.515. The highest BCUT2D eigenvalue weighted by Gasteiger charge is 2.15. The van der Waals surface area contributed by atoms with Gasteiger partial charge in [-0.15, -0.1) is 0 Å². The first-order valence-corrected chi connectivity index (χ1v) is 6.80. The zero-order chi connectivity index (χ0) is 13.0. The van der Waals surface area contributed by atoms with Crippen molar-refractivity contribution >= 4 is 11.6 Å². The Hall–Kier alpha value is -0.540. The molecule has 1 aromatic rings. The van der Waals surface area contributed by atoms with Crippen molar-refractivity contribution in [1.82, 2.24) is 15.1 Å². The van der Waals surface area contributed by atoms with Crippen LogP contribution in [-0.4, -0.2) is 15.8 Å². The Kier molecular flexibility index (Phi) is 5.47. The minimum atomic E-state index is 0.515. The molecule has 0 aliphatic heterocycles.